The molecule has 0 saturated carbocycles. The van der Waals surface area contributed by atoms with Gasteiger partial charge in [0, 0.05) is 18.2 Å². The lowest BCUT2D eigenvalue weighted by Crippen LogP contribution is -2.21. The first-order valence-corrected chi connectivity index (χ1v) is 5.58. The third-order valence-electron chi connectivity index (χ3n) is 2.27. The van der Waals surface area contributed by atoms with E-state index in [0.29, 0.717) is 23.5 Å². The highest BCUT2D eigenvalue weighted by Crippen LogP contribution is 2.28. The summed E-state index contributed by atoms with van der Waals surface area (Å²) < 4.78 is 5.15. The van der Waals surface area contributed by atoms with Gasteiger partial charge in [-0.1, -0.05) is 6.92 Å². The fraction of sp³-hybridized carbons (Fsp3) is 0.333. The maximum atomic E-state index is 11.3. The van der Waals surface area contributed by atoms with Crippen LogP contribution in [0.15, 0.2) is 18.2 Å². The summed E-state index contributed by atoms with van der Waals surface area (Å²) >= 11 is 0. The third kappa shape index (κ3) is 3.74. The van der Waals surface area contributed by atoms with Crippen molar-refractivity contribution in [3.63, 3.8) is 0 Å². The molecule has 0 atom stereocenters. The quantitative estimate of drug-likeness (QED) is 0.726. The number of rotatable bonds is 5. The Bertz CT molecular complexity index is 446. The summed E-state index contributed by atoms with van der Waals surface area (Å²) in [5, 5.41) is 5.31. The fourth-order valence-electron chi connectivity index (χ4n) is 1.32. The van der Waals surface area contributed by atoms with E-state index in [1.54, 1.807) is 25.1 Å². The normalized spacial score (nSPS) is 9.72. The molecule has 0 fully saturated rings. The number of nitrogens with two attached hydrogens (primary N) is 1. The van der Waals surface area contributed by atoms with Crippen LogP contribution < -0.4 is 21.1 Å². The van der Waals surface area contributed by atoms with Crippen molar-refractivity contribution in [3.8, 4) is 5.75 Å². The first-order valence-electron chi connectivity index (χ1n) is 5.58. The van der Waals surface area contributed by atoms with Crippen LogP contribution in [0.2, 0.25) is 0 Å². The molecule has 0 heterocycles. The molecule has 0 spiro atoms. The van der Waals surface area contributed by atoms with Crippen LogP contribution in [0.3, 0.4) is 0 Å². The minimum atomic E-state index is -0.289. The topological polar surface area (TPSA) is 93.5 Å². The fourth-order valence-corrected chi connectivity index (χ4v) is 1.32. The van der Waals surface area contributed by atoms with Gasteiger partial charge in [0.15, 0.2) is 0 Å². The van der Waals surface area contributed by atoms with Gasteiger partial charge in [-0.2, -0.15) is 0 Å². The van der Waals surface area contributed by atoms with E-state index in [0.717, 1.165) is 0 Å². The summed E-state index contributed by atoms with van der Waals surface area (Å²) in [7, 11) is 1.49. The van der Waals surface area contributed by atoms with Crippen LogP contribution in [0.4, 0.5) is 11.4 Å². The zero-order chi connectivity index (χ0) is 13.5. The van der Waals surface area contributed by atoms with Gasteiger partial charge < -0.3 is 21.1 Å². The molecule has 6 heteroatoms. The van der Waals surface area contributed by atoms with E-state index in [-0.39, 0.29) is 18.4 Å². The van der Waals surface area contributed by atoms with Gasteiger partial charge in [-0.3, -0.25) is 9.59 Å². The highest BCUT2D eigenvalue weighted by molar-refractivity contribution is 5.95. The largest absolute Gasteiger partial charge is 0.494 e. The van der Waals surface area contributed by atoms with Crippen molar-refractivity contribution in [3.05, 3.63) is 18.2 Å². The molecule has 0 aromatic heterocycles. The Morgan fingerprint density at radius 1 is 1.28 bits per heavy atom. The average Bonchev–Trinajstić information content (AvgIpc) is 2.39. The van der Waals surface area contributed by atoms with E-state index in [2.05, 4.69) is 10.6 Å². The van der Waals surface area contributed by atoms with Crippen molar-refractivity contribution in [2.75, 3.05) is 24.3 Å². The van der Waals surface area contributed by atoms with Gasteiger partial charge >= 0.3 is 0 Å². The molecular weight excluding hydrogens is 234 g/mol. The molecule has 98 valence electrons. The Morgan fingerprint density at radius 2 is 2.00 bits per heavy atom. The predicted octanol–water partition coefficient (Wildman–Crippen LogP) is 0.941. The molecule has 0 radical (unpaired) electrons. The first kappa shape index (κ1) is 14.0. The average molecular weight is 251 g/mol. The number of anilines is 2. The smallest absolute Gasteiger partial charge is 0.238 e. The van der Waals surface area contributed by atoms with Crippen molar-refractivity contribution in [1.82, 2.24) is 0 Å². The van der Waals surface area contributed by atoms with Gasteiger partial charge in [-0.25, -0.2) is 0 Å². The molecule has 18 heavy (non-hydrogen) atoms. The van der Waals surface area contributed by atoms with E-state index in [9.17, 15) is 9.59 Å². The van der Waals surface area contributed by atoms with Crippen LogP contribution in [0.1, 0.15) is 13.3 Å². The maximum absolute atomic E-state index is 11.3. The van der Waals surface area contributed by atoms with Crippen molar-refractivity contribution >= 4 is 23.2 Å². The molecule has 4 N–H and O–H groups in total. The molecule has 0 bridgehead atoms. The summed E-state index contributed by atoms with van der Waals surface area (Å²) in [6.45, 7) is 1.67. The lowest BCUT2D eigenvalue weighted by molar-refractivity contribution is -0.116. The van der Waals surface area contributed by atoms with Crippen molar-refractivity contribution < 1.29 is 14.3 Å². The van der Waals surface area contributed by atoms with Crippen molar-refractivity contribution in [2.24, 2.45) is 5.73 Å². The second-order valence-corrected chi connectivity index (χ2v) is 3.57. The summed E-state index contributed by atoms with van der Waals surface area (Å²) in [5.74, 6) is 0.0843. The van der Waals surface area contributed by atoms with Crippen LogP contribution in [0.5, 0.6) is 5.75 Å². The molecule has 1 aromatic rings. The number of hydrogen-bond donors (Lipinski definition) is 3. The zero-order valence-corrected chi connectivity index (χ0v) is 10.4. The lowest BCUT2D eigenvalue weighted by atomic mass is 10.2. The Morgan fingerprint density at radius 3 is 2.56 bits per heavy atom. The Labute approximate surface area is 105 Å². The molecular formula is C12H17N3O3. The predicted molar refractivity (Wildman–Crippen MR) is 69.6 cm³/mol. The second-order valence-electron chi connectivity index (χ2n) is 3.57. The molecule has 0 aliphatic rings. The van der Waals surface area contributed by atoms with Crippen molar-refractivity contribution in [2.45, 2.75) is 13.3 Å². The van der Waals surface area contributed by atoms with Gasteiger partial charge in [0.05, 0.1) is 19.3 Å². The highest BCUT2D eigenvalue weighted by Gasteiger charge is 2.08. The Balaban J connectivity index is 2.89. The van der Waals surface area contributed by atoms with E-state index in [1.807, 2.05) is 0 Å². The summed E-state index contributed by atoms with van der Waals surface area (Å²) in [6.07, 6.45) is 0.384. The molecule has 0 unspecified atom stereocenters. The molecule has 0 saturated heterocycles. The van der Waals surface area contributed by atoms with Crippen LogP contribution in [0.25, 0.3) is 0 Å². The van der Waals surface area contributed by atoms with Gasteiger partial charge in [0.25, 0.3) is 0 Å². The summed E-state index contributed by atoms with van der Waals surface area (Å²) in [6, 6.07) is 4.96. The van der Waals surface area contributed by atoms with E-state index < -0.39 is 0 Å². The van der Waals surface area contributed by atoms with Crippen LogP contribution >= 0.6 is 0 Å². The standard InChI is InChI=1S/C12H17N3O3/c1-3-11(16)15-9-5-4-8(6-10(9)18-2)14-12(17)7-13/h4-6H,3,7,13H2,1-2H3,(H,14,17)(H,15,16). The zero-order valence-electron chi connectivity index (χ0n) is 10.4. The Kier molecular flexibility index (Phi) is 5.13. The lowest BCUT2D eigenvalue weighted by Gasteiger charge is -2.12. The third-order valence-corrected chi connectivity index (χ3v) is 2.27. The van der Waals surface area contributed by atoms with E-state index >= 15 is 0 Å². The van der Waals surface area contributed by atoms with E-state index in [1.165, 1.54) is 7.11 Å². The van der Waals surface area contributed by atoms with Crippen LogP contribution in [-0.2, 0) is 9.59 Å². The SMILES string of the molecule is CCC(=O)Nc1ccc(NC(=O)CN)cc1OC. The first-order chi connectivity index (χ1) is 8.60. The molecule has 2 amide bonds. The van der Waals surface area contributed by atoms with Gasteiger partial charge in [0.2, 0.25) is 11.8 Å². The van der Waals surface area contributed by atoms with Crippen LogP contribution in [0, 0.1) is 0 Å². The Hall–Kier alpha value is -2.08. The molecule has 1 aromatic carbocycles. The van der Waals surface area contributed by atoms with Gasteiger partial charge in [-0.15, -0.1) is 0 Å². The number of carbonyl (C=O) groups excluding carboxylic acids is 2. The number of methoxy groups -OCH3 is 1. The van der Waals surface area contributed by atoms with Gasteiger partial charge in [-0.05, 0) is 12.1 Å². The highest BCUT2D eigenvalue weighted by atomic mass is 16.5. The monoisotopic (exact) mass is 251 g/mol. The van der Waals surface area contributed by atoms with E-state index in [4.69, 9.17) is 10.5 Å². The minimum absolute atomic E-state index is 0.0867. The molecule has 0 aliphatic heterocycles. The number of amides is 2. The van der Waals surface area contributed by atoms with Crippen molar-refractivity contribution in [1.29, 1.82) is 0 Å². The molecule has 0 aliphatic carbocycles. The number of ether oxygens (including phenoxy) is 1. The second kappa shape index (κ2) is 6.61. The number of nitrogens with one attached hydrogen (secondary N) is 2. The maximum Gasteiger partial charge on any atom is 0.238 e. The molecule has 6 nitrogen and oxygen atoms in total. The van der Waals surface area contributed by atoms with Gasteiger partial charge in [0.1, 0.15) is 5.75 Å². The summed E-state index contributed by atoms with van der Waals surface area (Å²) in [4.78, 5) is 22.4. The minimum Gasteiger partial charge on any atom is -0.494 e. The van der Waals surface area contributed by atoms with Crippen LogP contribution in [-0.4, -0.2) is 25.5 Å². The number of hydrogen-bond acceptors (Lipinski definition) is 4. The number of benzene rings is 1. The molecule has 1 rings (SSSR count). The summed E-state index contributed by atoms with van der Waals surface area (Å²) in [5.41, 5.74) is 6.34. The number of carbonyl (C=O) groups is 2.